The summed E-state index contributed by atoms with van der Waals surface area (Å²) in [5.41, 5.74) is 6.57. The van der Waals surface area contributed by atoms with E-state index in [2.05, 4.69) is 4.98 Å². The molecule has 0 amide bonds. The molecule has 5 heteroatoms. The van der Waals surface area contributed by atoms with E-state index in [9.17, 15) is 4.79 Å². The quantitative estimate of drug-likeness (QED) is 0.782. The van der Waals surface area contributed by atoms with Crippen molar-refractivity contribution in [3.63, 3.8) is 0 Å². The van der Waals surface area contributed by atoms with Crippen molar-refractivity contribution < 1.29 is 9.90 Å². The predicted octanol–water partition coefficient (Wildman–Crippen LogP) is 0.848. The standard InChI is InChI=1S/C9H12N2O2.ClH/c10-8(5-9(12)13)4-7-2-1-3-11-6-7;/h1-3,6,8H,4-5,10H2,(H,12,13);1H/t8-;/m1./s1. The van der Waals surface area contributed by atoms with Gasteiger partial charge in [-0.15, -0.1) is 12.4 Å². The smallest absolute Gasteiger partial charge is 0.304 e. The molecule has 1 aromatic heterocycles. The van der Waals surface area contributed by atoms with E-state index in [4.69, 9.17) is 10.8 Å². The summed E-state index contributed by atoms with van der Waals surface area (Å²) in [4.78, 5) is 14.2. The van der Waals surface area contributed by atoms with Crippen LogP contribution in [0, 0.1) is 0 Å². The van der Waals surface area contributed by atoms with Crippen LogP contribution in [0.4, 0.5) is 0 Å². The molecule has 1 aromatic rings. The first-order valence-electron chi connectivity index (χ1n) is 4.05. The van der Waals surface area contributed by atoms with Crippen molar-refractivity contribution in [2.75, 3.05) is 0 Å². The van der Waals surface area contributed by atoms with Crippen LogP contribution < -0.4 is 5.73 Å². The van der Waals surface area contributed by atoms with Crippen LogP contribution in [-0.4, -0.2) is 22.1 Å². The van der Waals surface area contributed by atoms with Gasteiger partial charge >= 0.3 is 5.97 Å². The molecular weight excluding hydrogens is 204 g/mol. The molecule has 0 saturated heterocycles. The second-order valence-corrected chi connectivity index (χ2v) is 2.92. The van der Waals surface area contributed by atoms with Crippen molar-refractivity contribution in [3.05, 3.63) is 30.1 Å². The van der Waals surface area contributed by atoms with Gasteiger partial charge in [0, 0.05) is 18.4 Å². The van der Waals surface area contributed by atoms with Gasteiger partial charge in [0.15, 0.2) is 0 Å². The number of rotatable bonds is 4. The van der Waals surface area contributed by atoms with Crippen LogP contribution in [0.15, 0.2) is 24.5 Å². The maximum Gasteiger partial charge on any atom is 0.304 e. The molecule has 0 spiro atoms. The minimum atomic E-state index is -0.864. The molecule has 4 nitrogen and oxygen atoms in total. The number of aromatic nitrogens is 1. The van der Waals surface area contributed by atoms with E-state index in [0.717, 1.165) is 5.56 Å². The van der Waals surface area contributed by atoms with E-state index in [-0.39, 0.29) is 24.9 Å². The minimum absolute atomic E-state index is 0. The van der Waals surface area contributed by atoms with Crippen molar-refractivity contribution in [2.45, 2.75) is 18.9 Å². The summed E-state index contributed by atoms with van der Waals surface area (Å²) >= 11 is 0. The molecule has 0 aromatic carbocycles. The summed E-state index contributed by atoms with van der Waals surface area (Å²) in [6.07, 6.45) is 3.92. The van der Waals surface area contributed by atoms with E-state index in [1.807, 2.05) is 12.1 Å². The molecule has 0 aliphatic heterocycles. The number of carboxylic acids is 1. The van der Waals surface area contributed by atoms with Gasteiger partial charge in [-0.1, -0.05) is 6.07 Å². The maximum atomic E-state index is 10.3. The number of carboxylic acid groups (broad SMARTS) is 1. The summed E-state index contributed by atoms with van der Waals surface area (Å²) in [5.74, 6) is -0.864. The number of halogens is 1. The lowest BCUT2D eigenvalue weighted by Crippen LogP contribution is -2.26. The topological polar surface area (TPSA) is 76.2 Å². The van der Waals surface area contributed by atoms with E-state index in [1.165, 1.54) is 0 Å². The highest BCUT2D eigenvalue weighted by Gasteiger charge is 2.08. The average Bonchev–Trinajstić information content (AvgIpc) is 2.04. The van der Waals surface area contributed by atoms with Crippen LogP contribution in [0.2, 0.25) is 0 Å². The lowest BCUT2D eigenvalue weighted by Gasteiger charge is -2.07. The van der Waals surface area contributed by atoms with E-state index < -0.39 is 5.97 Å². The minimum Gasteiger partial charge on any atom is -0.481 e. The zero-order valence-corrected chi connectivity index (χ0v) is 8.41. The van der Waals surface area contributed by atoms with Crippen molar-refractivity contribution in [2.24, 2.45) is 5.73 Å². The molecule has 14 heavy (non-hydrogen) atoms. The zero-order chi connectivity index (χ0) is 9.68. The van der Waals surface area contributed by atoms with Gasteiger partial charge < -0.3 is 10.8 Å². The molecule has 0 aliphatic carbocycles. The number of nitrogens with zero attached hydrogens (tertiary/aromatic N) is 1. The van der Waals surface area contributed by atoms with Crippen molar-refractivity contribution >= 4 is 18.4 Å². The first-order chi connectivity index (χ1) is 6.18. The summed E-state index contributed by atoms with van der Waals surface area (Å²) < 4.78 is 0. The summed E-state index contributed by atoms with van der Waals surface area (Å²) in [7, 11) is 0. The van der Waals surface area contributed by atoms with Gasteiger partial charge in [0.2, 0.25) is 0 Å². The highest BCUT2D eigenvalue weighted by atomic mass is 35.5. The SMILES string of the molecule is Cl.N[C@@H](CC(=O)O)Cc1cccnc1. The van der Waals surface area contributed by atoms with Crippen LogP contribution >= 0.6 is 12.4 Å². The average molecular weight is 217 g/mol. The van der Waals surface area contributed by atoms with Crippen LogP contribution in [0.1, 0.15) is 12.0 Å². The van der Waals surface area contributed by atoms with E-state index in [1.54, 1.807) is 12.4 Å². The molecule has 0 aliphatic rings. The van der Waals surface area contributed by atoms with Crippen molar-refractivity contribution in [1.29, 1.82) is 0 Å². The molecule has 3 N–H and O–H groups in total. The third-order valence-electron chi connectivity index (χ3n) is 1.66. The Morgan fingerprint density at radius 2 is 2.36 bits per heavy atom. The zero-order valence-electron chi connectivity index (χ0n) is 7.59. The number of carbonyl (C=O) groups is 1. The van der Waals surface area contributed by atoms with Gasteiger partial charge in [-0.05, 0) is 18.1 Å². The van der Waals surface area contributed by atoms with Gasteiger partial charge in [0.1, 0.15) is 0 Å². The Morgan fingerprint density at radius 3 is 2.86 bits per heavy atom. The van der Waals surface area contributed by atoms with Gasteiger partial charge in [0.05, 0.1) is 6.42 Å². The van der Waals surface area contributed by atoms with E-state index >= 15 is 0 Å². The fraction of sp³-hybridized carbons (Fsp3) is 0.333. The predicted molar refractivity (Wildman–Crippen MR) is 55.4 cm³/mol. The number of hydrogen-bond donors (Lipinski definition) is 2. The summed E-state index contributed by atoms with van der Waals surface area (Å²) in [6.45, 7) is 0. The maximum absolute atomic E-state index is 10.3. The lowest BCUT2D eigenvalue weighted by molar-refractivity contribution is -0.137. The number of pyridine rings is 1. The van der Waals surface area contributed by atoms with Gasteiger partial charge in [-0.3, -0.25) is 9.78 Å². The number of nitrogens with two attached hydrogens (primary N) is 1. The van der Waals surface area contributed by atoms with Crippen molar-refractivity contribution in [1.82, 2.24) is 4.98 Å². The van der Waals surface area contributed by atoms with Gasteiger partial charge in [-0.25, -0.2) is 0 Å². The lowest BCUT2D eigenvalue weighted by atomic mass is 10.1. The second-order valence-electron chi connectivity index (χ2n) is 2.92. The first kappa shape index (κ1) is 12.9. The van der Waals surface area contributed by atoms with Gasteiger partial charge in [0.25, 0.3) is 0 Å². The summed E-state index contributed by atoms with van der Waals surface area (Å²) in [6, 6.07) is 3.36. The fourth-order valence-electron chi connectivity index (χ4n) is 1.12. The largest absolute Gasteiger partial charge is 0.481 e. The molecule has 0 fully saturated rings. The third kappa shape index (κ3) is 4.79. The molecule has 0 bridgehead atoms. The highest BCUT2D eigenvalue weighted by molar-refractivity contribution is 5.85. The monoisotopic (exact) mass is 216 g/mol. The Balaban J connectivity index is 0.00000169. The van der Waals surface area contributed by atoms with Gasteiger partial charge in [-0.2, -0.15) is 0 Å². The van der Waals surface area contributed by atoms with E-state index in [0.29, 0.717) is 6.42 Å². The second kappa shape index (κ2) is 6.34. The molecule has 0 radical (unpaired) electrons. The molecule has 0 unspecified atom stereocenters. The molecule has 1 atom stereocenters. The van der Waals surface area contributed by atoms with Crippen LogP contribution in [0.25, 0.3) is 0 Å². The molecule has 1 heterocycles. The Hall–Kier alpha value is -1.13. The summed E-state index contributed by atoms with van der Waals surface area (Å²) in [5, 5.41) is 8.47. The Morgan fingerprint density at radius 1 is 1.64 bits per heavy atom. The molecular formula is C9H13ClN2O2. The number of hydrogen-bond acceptors (Lipinski definition) is 3. The fourth-order valence-corrected chi connectivity index (χ4v) is 1.12. The molecule has 0 saturated carbocycles. The van der Waals surface area contributed by atoms with Crippen LogP contribution in [-0.2, 0) is 11.2 Å². The first-order valence-corrected chi connectivity index (χ1v) is 4.05. The number of aliphatic carboxylic acids is 1. The normalized spacial score (nSPS) is 11.5. The molecule has 78 valence electrons. The van der Waals surface area contributed by atoms with Crippen molar-refractivity contribution in [3.8, 4) is 0 Å². The van der Waals surface area contributed by atoms with Crippen LogP contribution in [0.3, 0.4) is 0 Å². The third-order valence-corrected chi connectivity index (χ3v) is 1.66. The Labute approximate surface area is 88.6 Å². The van der Waals surface area contributed by atoms with Crippen LogP contribution in [0.5, 0.6) is 0 Å². The molecule has 1 rings (SSSR count). The Bertz CT molecular complexity index is 279. The highest BCUT2D eigenvalue weighted by Crippen LogP contribution is 2.01. The Kier molecular flexibility index (Phi) is 5.83.